The quantitative estimate of drug-likeness (QED) is 0.780. The molecule has 5 heteroatoms. The van der Waals surface area contributed by atoms with Crippen molar-refractivity contribution in [2.24, 2.45) is 5.73 Å². The molecular weight excluding hydrogens is 268 g/mol. The molecule has 0 aromatic carbocycles. The fraction of sp³-hybridized carbons (Fsp3) is 0.600. The van der Waals surface area contributed by atoms with E-state index in [-0.39, 0.29) is 0 Å². The molecule has 1 aromatic rings. The molecule has 2 N–H and O–H groups in total. The average molecular weight is 294 g/mol. The molecule has 112 valence electrons. The Kier molecular flexibility index (Phi) is 6.36. The zero-order valence-corrected chi connectivity index (χ0v) is 14.0. The number of anilines is 1. The lowest BCUT2D eigenvalue weighted by Gasteiger charge is -2.27. The van der Waals surface area contributed by atoms with E-state index in [1.165, 1.54) is 0 Å². The minimum atomic E-state index is 0.427. The second kappa shape index (κ2) is 7.55. The first-order chi connectivity index (χ1) is 9.36. The van der Waals surface area contributed by atoms with Gasteiger partial charge in [-0.3, -0.25) is 4.98 Å². The van der Waals surface area contributed by atoms with Crippen molar-refractivity contribution in [1.29, 1.82) is 0 Å². The Bertz CT molecular complexity index is 471. The van der Waals surface area contributed by atoms with E-state index in [4.69, 9.17) is 18.0 Å². The van der Waals surface area contributed by atoms with Gasteiger partial charge in [0.15, 0.2) is 0 Å². The molecule has 1 heterocycles. The molecule has 0 saturated carbocycles. The van der Waals surface area contributed by atoms with Gasteiger partial charge in [-0.05, 0) is 53.9 Å². The summed E-state index contributed by atoms with van der Waals surface area (Å²) in [6.07, 6.45) is 1.11. The van der Waals surface area contributed by atoms with Crippen LogP contribution in [0.3, 0.4) is 0 Å². The monoisotopic (exact) mass is 294 g/mol. The van der Waals surface area contributed by atoms with Gasteiger partial charge in [-0.15, -0.1) is 0 Å². The van der Waals surface area contributed by atoms with E-state index in [0.717, 1.165) is 48.7 Å². The molecule has 4 nitrogen and oxygen atoms in total. The Balaban J connectivity index is 3.04. The molecule has 0 fully saturated rings. The molecular formula is C15H26N4S. The molecule has 0 radical (unpaired) electrons. The van der Waals surface area contributed by atoms with Crippen molar-refractivity contribution in [2.75, 3.05) is 38.6 Å². The molecule has 0 unspecified atom stereocenters. The van der Waals surface area contributed by atoms with Gasteiger partial charge in [0.05, 0.1) is 11.3 Å². The predicted molar refractivity (Wildman–Crippen MR) is 90.7 cm³/mol. The summed E-state index contributed by atoms with van der Waals surface area (Å²) in [6, 6.07) is 2.08. The van der Waals surface area contributed by atoms with Crippen LogP contribution in [0.2, 0.25) is 0 Å². The molecule has 0 saturated heterocycles. The van der Waals surface area contributed by atoms with Crippen LogP contribution in [0.1, 0.15) is 30.3 Å². The number of nitrogens with two attached hydrogens (primary N) is 1. The number of rotatable bonds is 7. The Morgan fingerprint density at radius 1 is 1.30 bits per heavy atom. The summed E-state index contributed by atoms with van der Waals surface area (Å²) in [7, 11) is 4.19. The Hall–Kier alpha value is -1.20. The van der Waals surface area contributed by atoms with Crippen LogP contribution in [0.4, 0.5) is 5.69 Å². The van der Waals surface area contributed by atoms with Gasteiger partial charge in [0.25, 0.3) is 0 Å². The first-order valence-corrected chi connectivity index (χ1v) is 7.45. The highest BCUT2D eigenvalue weighted by atomic mass is 32.1. The maximum absolute atomic E-state index is 5.89. The molecule has 0 atom stereocenters. The normalized spacial score (nSPS) is 10.9. The van der Waals surface area contributed by atoms with Crippen LogP contribution in [-0.4, -0.2) is 48.6 Å². The Morgan fingerprint density at radius 2 is 1.95 bits per heavy atom. The van der Waals surface area contributed by atoms with Crippen molar-refractivity contribution >= 4 is 22.9 Å². The van der Waals surface area contributed by atoms with Crippen LogP contribution in [-0.2, 0) is 0 Å². The van der Waals surface area contributed by atoms with Gasteiger partial charge in [0, 0.05) is 24.5 Å². The van der Waals surface area contributed by atoms with E-state index in [2.05, 4.69) is 41.9 Å². The van der Waals surface area contributed by atoms with Crippen molar-refractivity contribution in [3.05, 3.63) is 23.0 Å². The third kappa shape index (κ3) is 4.42. The molecule has 0 aliphatic heterocycles. The summed E-state index contributed by atoms with van der Waals surface area (Å²) in [5, 5.41) is 0. The molecule has 1 aromatic heterocycles. The van der Waals surface area contributed by atoms with Crippen molar-refractivity contribution in [1.82, 2.24) is 9.88 Å². The van der Waals surface area contributed by atoms with E-state index in [1.807, 2.05) is 13.8 Å². The van der Waals surface area contributed by atoms with E-state index < -0.39 is 0 Å². The zero-order chi connectivity index (χ0) is 15.3. The molecule has 0 spiro atoms. The smallest absolute Gasteiger partial charge is 0.107 e. The minimum Gasteiger partial charge on any atom is -0.389 e. The summed E-state index contributed by atoms with van der Waals surface area (Å²) in [4.78, 5) is 9.44. The van der Waals surface area contributed by atoms with E-state index in [9.17, 15) is 0 Å². The van der Waals surface area contributed by atoms with Crippen molar-refractivity contribution < 1.29 is 0 Å². The van der Waals surface area contributed by atoms with Gasteiger partial charge >= 0.3 is 0 Å². The van der Waals surface area contributed by atoms with E-state index in [0.29, 0.717) is 4.99 Å². The van der Waals surface area contributed by atoms with Crippen molar-refractivity contribution in [3.63, 3.8) is 0 Å². The first kappa shape index (κ1) is 16.9. The Labute approximate surface area is 128 Å². The van der Waals surface area contributed by atoms with Crippen LogP contribution in [0.15, 0.2) is 6.07 Å². The maximum Gasteiger partial charge on any atom is 0.107 e. The highest BCUT2D eigenvalue weighted by Crippen LogP contribution is 2.24. The first-order valence-electron chi connectivity index (χ1n) is 7.04. The minimum absolute atomic E-state index is 0.427. The summed E-state index contributed by atoms with van der Waals surface area (Å²) in [5.41, 5.74) is 9.84. The van der Waals surface area contributed by atoms with Gasteiger partial charge < -0.3 is 15.5 Å². The van der Waals surface area contributed by atoms with Crippen LogP contribution in [0.5, 0.6) is 0 Å². The predicted octanol–water partition coefficient (Wildman–Crippen LogP) is 2.11. The van der Waals surface area contributed by atoms with Gasteiger partial charge in [-0.1, -0.05) is 12.2 Å². The maximum atomic E-state index is 5.89. The third-order valence-electron chi connectivity index (χ3n) is 3.31. The fourth-order valence-corrected chi connectivity index (χ4v) is 2.64. The van der Waals surface area contributed by atoms with Gasteiger partial charge in [-0.2, -0.15) is 0 Å². The summed E-state index contributed by atoms with van der Waals surface area (Å²) >= 11 is 5.20. The lowest BCUT2D eigenvalue weighted by molar-refractivity contribution is 0.400. The van der Waals surface area contributed by atoms with Gasteiger partial charge in [-0.25, -0.2) is 0 Å². The molecule has 0 aliphatic rings. The number of nitrogens with zero attached hydrogens (tertiary/aromatic N) is 3. The molecule has 0 amide bonds. The number of hydrogen-bond acceptors (Lipinski definition) is 4. The standard InChI is InChI=1S/C15H26N4S/c1-6-19(9-7-8-18(4)5)13-10-11(2)17-12(3)14(13)15(16)20/h10H,6-9H2,1-5H3,(H2,16,20). The van der Waals surface area contributed by atoms with Gasteiger partial charge in [0.1, 0.15) is 4.99 Å². The van der Waals surface area contributed by atoms with Crippen molar-refractivity contribution in [3.8, 4) is 0 Å². The molecule has 20 heavy (non-hydrogen) atoms. The van der Waals surface area contributed by atoms with E-state index >= 15 is 0 Å². The fourth-order valence-electron chi connectivity index (χ4n) is 2.39. The van der Waals surface area contributed by atoms with Crippen molar-refractivity contribution in [2.45, 2.75) is 27.2 Å². The average Bonchev–Trinajstić information content (AvgIpc) is 2.32. The summed E-state index contributed by atoms with van der Waals surface area (Å²) in [5.74, 6) is 0. The number of aromatic nitrogens is 1. The lowest BCUT2D eigenvalue weighted by atomic mass is 10.1. The highest BCUT2D eigenvalue weighted by molar-refractivity contribution is 7.80. The van der Waals surface area contributed by atoms with Crippen LogP contribution in [0, 0.1) is 13.8 Å². The summed E-state index contributed by atoms with van der Waals surface area (Å²) < 4.78 is 0. The molecule has 1 rings (SSSR count). The van der Waals surface area contributed by atoms with Crippen LogP contribution in [0.25, 0.3) is 0 Å². The third-order valence-corrected chi connectivity index (χ3v) is 3.51. The molecule has 0 bridgehead atoms. The zero-order valence-electron chi connectivity index (χ0n) is 13.2. The van der Waals surface area contributed by atoms with Crippen LogP contribution >= 0.6 is 12.2 Å². The number of hydrogen-bond donors (Lipinski definition) is 1. The number of thiocarbonyl (C=S) groups is 1. The largest absolute Gasteiger partial charge is 0.389 e. The summed E-state index contributed by atoms with van der Waals surface area (Å²) in [6.45, 7) is 9.14. The van der Waals surface area contributed by atoms with E-state index in [1.54, 1.807) is 0 Å². The highest BCUT2D eigenvalue weighted by Gasteiger charge is 2.15. The van der Waals surface area contributed by atoms with Gasteiger partial charge in [0.2, 0.25) is 0 Å². The number of pyridine rings is 1. The SMILES string of the molecule is CCN(CCCN(C)C)c1cc(C)nc(C)c1C(N)=S. The second-order valence-corrected chi connectivity index (χ2v) is 5.78. The lowest BCUT2D eigenvalue weighted by Crippen LogP contribution is -2.30. The Morgan fingerprint density at radius 3 is 2.45 bits per heavy atom. The second-order valence-electron chi connectivity index (χ2n) is 5.34. The topological polar surface area (TPSA) is 45.4 Å². The van der Waals surface area contributed by atoms with Crippen LogP contribution < -0.4 is 10.6 Å². The number of aryl methyl sites for hydroxylation is 2. The molecule has 0 aliphatic carbocycles.